The Morgan fingerprint density at radius 1 is 1.18 bits per heavy atom. The van der Waals surface area contributed by atoms with E-state index in [1.807, 2.05) is 26.0 Å². The summed E-state index contributed by atoms with van der Waals surface area (Å²) in [6.07, 6.45) is 1.85. The Bertz CT molecular complexity index is 1130. The number of thioether (sulfide) groups is 1. The SMILES string of the molecule is CCOC(=O)CC1=CC(SCC(=O)Nc2cc(Cl)ccc2OC)=Nc2cc(C)c(C)cc2N1. The van der Waals surface area contributed by atoms with Crippen molar-refractivity contribution in [2.75, 3.05) is 30.1 Å². The fraction of sp³-hybridized carbons (Fsp3) is 0.292. The molecule has 0 unspecified atom stereocenters. The van der Waals surface area contributed by atoms with Crippen LogP contribution < -0.4 is 15.4 Å². The van der Waals surface area contributed by atoms with E-state index in [9.17, 15) is 9.59 Å². The number of methoxy groups -OCH3 is 1. The fourth-order valence-electron chi connectivity index (χ4n) is 3.14. The van der Waals surface area contributed by atoms with E-state index in [-0.39, 0.29) is 24.1 Å². The average molecular weight is 488 g/mol. The van der Waals surface area contributed by atoms with E-state index < -0.39 is 0 Å². The van der Waals surface area contributed by atoms with Gasteiger partial charge in [-0.1, -0.05) is 23.4 Å². The number of aliphatic imine (C=N–C) groups is 1. The molecule has 2 aromatic rings. The molecule has 1 heterocycles. The lowest BCUT2D eigenvalue weighted by molar-refractivity contribution is -0.142. The van der Waals surface area contributed by atoms with Crippen LogP contribution in [-0.4, -0.2) is 36.4 Å². The van der Waals surface area contributed by atoms with Crippen molar-refractivity contribution in [2.24, 2.45) is 4.99 Å². The Morgan fingerprint density at radius 2 is 1.94 bits per heavy atom. The van der Waals surface area contributed by atoms with Crippen molar-refractivity contribution in [1.29, 1.82) is 0 Å². The van der Waals surface area contributed by atoms with E-state index in [1.165, 1.54) is 18.9 Å². The highest BCUT2D eigenvalue weighted by Gasteiger charge is 2.17. The minimum absolute atomic E-state index is 0.0751. The normalized spacial score (nSPS) is 12.5. The zero-order valence-corrected chi connectivity index (χ0v) is 20.5. The highest BCUT2D eigenvalue weighted by molar-refractivity contribution is 8.14. The van der Waals surface area contributed by atoms with Crippen LogP contribution >= 0.6 is 23.4 Å². The zero-order valence-electron chi connectivity index (χ0n) is 19.0. The van der Waals surface area contributed by atoms with Gasteiger partial charge in [-0.3, -0.25) is 9.59 Å². The van der Waals surface area contributed by atoms with Crippen LogP contribution in [0.3, 0.4) is 0 Å². The quantitative estimate of drug-likeness (QED) is 0.492. The maximum absolute atomic E-state index is 12.6. The Morgan fingerprint density at radius 3 is 2.67 bits per heavy atom. The summed E-state index contributed by atoms with van der Waals surface area (Å²) in [4.78, 5) is 29.4. The molecule has 1 amide bonds. The monoisotopic (exact) mass is 487 g/mol. The first kappa shape index (κ1) is 24.7. The Balaban J connectivity index is 1.80. The molecule has 7 nitrogen and oxygen atoms in total. The van der Waals surface area contributed by atoms with Gasteiger partial charge in [0.15, 0.2) is 0 Å². The number of rotatable bonds is 7. The first-order valence-electron chi connectivity index (χ1n) is 10.4. The zero-order chi connectivity index (χ0) is 24.0. The fourth-order valence-corrected chi connectivity index (χ4v) is 4.05. The highest BCUT2D eigenvalue weighted by Crippen LogP contribution is 2.34. The Kier molecular flexibility index (Phi) is 8.41. The maximum atomic E-state index is 12.6. The van der Waals surface area contributed by atoms with Crippen LogP contribution in [0.15, 0.2) is 47.1 Å². The number of ether oxygens (including phenoxy) is 2. The molecule has 0 aliphatic carbocycles. The standard InChI is InChI=1S/C24H26ClN3O4S/c1-5-32-24(30)12-17-11-23(28-19-9-15(3)14(2)8-18(19)26-17)33-13-22(29)27-20-10-16(25)6-7-21(20)31-4/h6-11,26H,5,12-13H2,1-4H3,(H,27,29). The van der Waals surface area contributed by atoms with Crippen molar-refractivity contribution in [2.45, 2.75) is 27.2 Å². The van der Waals surface area contributed by atoms with Crippen molar-refractivity contribution >= 4 is 57.3 Å². The van der Waals surface area contributed by atoms with Gasteiger partial charge in [-0.15, -0.1) is 0 Å². The summed E-state index contributed by atoms with van der Waals surface area (Å²) >= 11 is 7.31. The van der Waals surface area contributed by atoms with Gasteiger partial charge in [0.1, 0.15) is 5.75 Å². The third-order valence-electron chi connectivity index (χ3n) is 4.86. The predicted octanol–water partition coefficient (Wildman–Crippen LogP) is 5.63. The molecule has 2 N–H and O–H groups in total. The Labute approximate surface area is 202 Å². The van der Waals surface area contributed by atoms with E-state index in [1.54, 1.807) is 31.2 Å². The van der Waals surface area contributed by atoms with Gasteiger partial charge in [0, 0.05) is 10.7 Å². The number of esters is 1. The molecule has 3 rings (SSSR count). The van der Waals surface area contributed by atoms with Gasteiger partial charge >= 0.3 is 5.97 Å². The number of nitrogens with one attached hydrogen (secondary N) is 2. The number of amides is 1. The number of carbonyl (C=O) groups excluding carboxylic acids is 2. The molecule has 0 saturated heterocycles. The number of anilines is 2. The second-order valence-corrected chi connectivity index (χ2v) is 8.79. The molecule has 9 heteroatoms. The first-order chi connectivity index (χ1) is 15.8. The van der Waals surface area contributed by atoms with Crippen LogP contribution in [0.2, 0.25) is 5.02 Å². The van der Waals surface area contributed by atoms with Crippen LogP contribution in [0.1, 0.15) is 24.5 Å². The summed E-state index contributed by atoms with van der Waals surface area (Å²) in [6, 6.07) is 9.00. The molecule has 174 valence electrons. The second-order valence-electron chi connectivity index (χ2n) is 7.36. The lowest BCUT2D eigenvalue weighted by Crippen LogP contribution is -2.16. The van der Waals surface area contributed by atoms with Crippen LogP contribution in [0, 0.1) is 13.8 Å². The van der Waals surface area contributed by atoms with Gasteiger partial charge < -0.3 is 20.1 Å². The number of hydrogen-bond acceptors (Lipinski definition) is 7. The summed E-state index contributed by atoms with van der Waals surface area (Å²) in [6.45, 7) is 6.11. The third-order valence-corrected chi connectivity index (χ3v) is 6.01. The topological polar surface area (TPSA) is 89.0 Å². The lowest BCUT2D eigenvalue weighted by Gasteiger charge is -2.12. The second kappa shape index (κ2) is 11.2. The molecule has 1 aliphatic rings. The molecule has 0 spiro atoms. The largest absolute Gasteiger partial charge is 0.495 e. The summed E-state index contributed by atoms with van der Waals surface area (Å²) in [5.41, 5.74) is 4.90. The van der Waals surface area contributed by atoms with Gasteiger partial charge in [-0.25, -0.2) is 4.99 Å². The molecule has 33 heavy (non-hydrogen) atoms. The molecule has 0 fully saturated rings. The first-order valence-corrected chi connectivity index (χ1v) is 11.7. The molecular formula is C24H26ClN3O4S. The predicted molar refractivity (Wildman–Crippen MR) is 135 cm³/mol. The number of aryl methyl sites for hydroxylation is 2. The molecule has 0 radical (unpaired) electrons. The minimum atomic E-state index is -0.335. The average Bonchev–Trinajstić information content (AvgIpc) is 2.91. The van der Waals surface area contributed by atoms with Crippen molar-refractivity contribution in [1.82, 2.24) is 0 Å². The molecule has 0 saturated carbocycles. The van der Waals surface area contributed by atoms with Gasteiger partial charge in [0.25, 0.3) is 0 Å². The van der Waals surface area contributed by atoms with Crippen molar-refractivity contribution in [3.8, 4) is 5.75 Å². The van der Waals surface area contributed by atoms with E-state index >= 15 is 0 Å². The van der Waals surface area contributed by atoms with Crippen molar-refractivity contribution < 1.29 is 19.1 Å². The van der Waals surface area contributed by atoms with E-state index in [2.05, 4.69) is 10.6 Å². The van der Waals surface area contributed by atoms with Crippen LogP contribution in [0.4, 0.5) is 17.1 Å². The number of fused-ring (bicyclic) bond motifs is 1. The van der Waals surface area contributed by atoms with Crippen molar-refractivity contribution in [3.63, 3.8) is 0 Å². The molecule has 0 bridgehead atoms. The Hall–Kier alpha value is -2.97. The summed E-state index contributed by atoms with van der Waals surface area (Å²) in [7, 11) is 1.53. The smallest absolute Gasteiger partial charge is 0.311 e. The number of halogens is 1. The van der Waals surface area contributed by atoms with Gasteiger partial charge in [-0.05, 0) is 68.3 Å². The van der Waals surface area contributed by atoms with Crippen molar-refractivity contribution in [3.05, 3.63) is 58.3 Å². The molecule has 2 aromatic carbocycles. The van der Waals surface area contributed by atoms with Crippen LogP contribution in [0.5, 0.6) is 5.75 Å². The summed E-state index contributed by atoms with van der Waals surface area (Å²) in [5.74, 6) is 0.0580. The number of nitrogens with zero attached hydrogens (tertiary/aromatic N) is 1. The molecule has 0 aromatic heterocycles. The van der Waals surface area contributed by atoms with Gasteiger partial charge in [0.05, 0.1) is 48.0 Å². The van der Waals surface area contributed by atoms with E-state index in [0.717, 1.165) is 22.5 Å². The lowest BCUT2D eigenvalue weighted by atomic mass is 10.1. The number of carbonyl (C=O) groups is 2. The summed E-state index contributed by atoms with van der Waals surface area (Å²) in [5, 5.41) is 7.22. The molecular weight excluding hydrogens is 462 g/mol. The number of hydrogen-bond donors (Lipinski definition) is 2. The van der Waals surface area contributed by atoms with Gasteiger partial charge in [-0.2, -0.15) is 0 Å². The minimum Gasteiger partial charge on any atom is -0.495 e. The molecule has 0 atom stereocenters. The van der Waals surface area contributed by atoms with E-state index in [4.69, 9.17) is 26.1 Å². The van der Waals surface area contributed by atoms with E-state index in [0.29, 0.717) is 33.8 Å². The van der Waals surface area contributed by atoms with Crippen LogP contribution in [0.25, 0.3) is 0 Å². The third kappa shape index (κ3) is 6.76. The van der Waals surface area contributed by atoms with Gasteiger partial charge in [0.2, 0.25) is 5.91 Å². The molecule has 1 aliphatic heterocycles. The van der Waals surface area contributed by atoms with Crippen LogP contribution in [-0.2, 0) is 14.3 Å². The maximum Gasteiger partial charge on any atom is 0.311 e. The summed E-state index contributed by atoms with van der Waals surface area (Å²) < 4.78 is 10.4. The number of benzene rings is 2. The highest BCUT2D eigenvalue weighted by atomic mass is 35.5.